The molecule has 0 saturated heterocycles. The van der Waals surface area contributed by atoms with E-state index in [0.29, 0.717) is 12.3 Å². The Morgan fingerprint density at radius 2 is 2.16 bits per heavy atom. The number of amides is 1. The number of carbonyl (C=O) groups is 1. The first-order valence-electron chi connectivity index (χ1n) is 6.25. The number of benzene rings is 1. The van der Waals surface area contributed by atoms with Gasteiger partial charge in [-0.25, -0.2) is 4.98 Å². The molecule has 100 valence electrons. The molecule has 1 aromatic carbocycles. The van der Waals surface area contributed by atoms with E-state index in [2.05, 4.69) is 10.3 Å². The van der Waals surface area contributed by atoms with Crippen molar-refractivity contribution in [3.05, 3.63) is 49.1 Å². The van der Waals surface area contributed by atoms with Gasteiger partial charge in [-0.15, -0.1) is 0 Å². The third-order valence-corrected chi connectivity index (χ3v) is 2.59. The van der Waals surface area contributed by atoms with Gasteiger partial charge in [0.15, 0.2) is 6.61 Å². The first-order valence-corrected chi connectivity index (χ1v) is 6.25. The zero-order chi connectivity index (χ0) is 13.3. The fraction of sp³-hybridized carbons (Fsp3) is 0.286. The number of hydrogen-bond donors (Lipinski definition) is 1. The molecule has 0 saturated carbocycles. The first kappa shape index (κ1) is 13.1. The minimum atomic E-state index is -0.102. The van der Waals surface area contributed by atoms with Crippen LogP contribution in [0.2, 0.25) is 0 Å². The summed E-state index contributed by atoms with van der Waals surface area (Å²) in [7, 11) is 0. The number of hydrogen-bond acceptors (Lipinski definition) is 3. The summed E-state index contributed by atoms with van der Waals surface area (Å²) < 4.78 is 7.32. The maximum Gasteiger partial charge on any atom is 0.257 e. The number of nitrogens with zero attached hydrogens (tertiary/aromatic N) is 2. The van der Waals surface area contributed by atoms with E-state index in [1.165, 1.54) is 0 Å². The Morgan fingerprint density at radius 1 is 1.32 bits per heavy atom. The van der Waals surface area contributed by atoms with Gasteiger partial charge in [0.25, 0.3) is 5.91 Å². The summed E-state index contributed by atoms with van der Waals surface area (Å²) in [5.74, 6) is 0.602. The highest BCUT2D eigenvalue weighted by Gasteiger charge is 2.01. The van der Waals surface area contributed by atoms with Crippen LogP contribution in [-0.4, -0.2) is 28.6 Å². The van der Waals surface area contributed by atoms with Gasteiger partial charge in [-0.2, -0.15) is 0 Å². The monoisotopic (exact) mass is 259 g/mol. The number of rotatable bonds is 7. The maximum atomic E-state index is 11.5. The van der Waals surface area contributed by atoms with Gasteiger partial charge in [-0.05, 0) is 18.6 Å². The molecule has 0 bridgehead atoms. The van der Waals surface area contributed by atoms with Gasteiger partial charge in [0.1, 0.15) is 5.75 Å². The van der Waals surface area contributed by atoms with Crippen LogP contribution < -0.4 is 10.1 Å². The van der Waals surface area contributed by atoms with Crippen LogP contribution in [0.25, 0.3) is 0 Å². The van der Waals surface area contributed by atoms with E-state index in [9.17, 15) is 4.79 Å². The molecule has 5 heteroatoms. The van der Waals surface area contributed by atoms with E-state index in [4.69, 9.17) is 4.74 Å². The van der Waals surface area contributed by atoms with Gasteiger partial charge >= 0.3 is 0 Å². The van der Waals surface area contributed by atoms with Crippen LogP contribution >= 0.6 is 0 Å². The summed E-state index contributed by atoms with van der Waals surface area (Å²) in [4.78, 5) is 15.5. The number of aromatic nitrogens is 2. The quantitative estimate of drug-likeness (QED) is 0.766. The molecule has 0 fully saturated rings. The van der Waals surface area contributed by atoms with Crippen LogP contribution in [0.15, 0.2) is 49.1 Å². The highest BCUT2D eigenvalue weighted by Crippen LogP contribution is 2.07. The van der Waals surface area contributed by atoms with Crippen LogP contribution in [0.5, 0.6) is 5.75 Å². The summed E-state index contributed by atoms with van der Waals surface area (Å²) >= 11 is 0. The lowest BCUT2D eigenvalue weighted by Gasteiger charge is -2.07. The smallest absolute Gasteiger partial charge is 0.257 e. The van der Waals surface area contributed by atoms with Crippen molar-refractivity contribution >= 4 is 5.91 Å². The molecular weight excluding hydrogens is 242 g/mol. The van der Waals surface area contributed by atoms with E-state index in [-0.39, 0.29) is 12.5 Å². The van der Waals surface area contributed by atoms with E-state index >= 15 is 0 Å². The normalized spacial score (nSPS) is 10.1. The van der Waals surface area contributed by atoms with E-state index < -0.39 is 0 Å². The maximum absolute atomic E-state index is 11.5. The van der Waals surface area contributed by atoms with Crippen LogP contribution in [0.1, 0.15) is 6.42 Å². The highest BCUT2D eigenvalue weighted by atomic mass is 16.5. The third kappa shape index (κ3) is 4.83. The predicted octanol–water partition coefficient (Wildman–Crippen LogP) is 1.47. The van der Waals surface area contributed by atoms with E-state index in [1.54, 1.807) is 12.5 Å². The zero-order valence-corrected chi connectivity index (χ0v) is 10.7. The Kier molecular flexibility index (Phi) is 4.98. The van der Waals surface area contributed by atoms with Crippen molar-refractivity contribution in [1.82, 2.24) is 14.9 Å². The van der Waals surface area contributed by atoms with Crippen LogP contribution in [0.3, 0.4) is 0 Å². The first-order chi connectivity index (χ1) is 9.34. The summed E-state index contributed by atoms with van der Waals surface area (Å²) in [5, 5.41) is 2.82. The molecule has 1 aromatic heterocycles. The van der Waals surface area contributed by atoms with Crippen LogP contribution in [0.4, 0.5) is 0 Å². The molecule has 1 amide bonds. The van der Waals surface area contributed by atoms with Crippen LogP contribution in [-0.2, 0) is 11.3 Å². The topological polar surface area (TPSA) is 56.1 Å². The average Bonchev–Trinajstić information content (AvgIpc) is 2.96. The lowest BCUT2D eigenvalue weighted by atomic mass is 10.3. The number of aryl methyl sites for hydroxylation is 1. The zero-order valence-electron chi connectivity index (χ0n) is 10.7. The van der Waals surface area contributed by atoms with Gasteiger partial charge in [0.2, 0.25) is 0 Å². The molecule has 2 rings (SSSR count). The number of para-hydroxylation sites is 1. The number of ether oxygens (including phenoxy) is 1. The van der Waals surface area contributed by atoms with Crippen molar-refractivity contribution < 1.29 is 9.53 Å². The molecule has 0 radical (unpaired) electrons. The van der Waals surface area contributed by atoms with Crippen molar-refractivity contribution in [2.75, 3.05) is 13.2 Å². The molecule has 1 heterocycles. The summed E-state index contributed by atoms with van der Waals surface area (Å²) in [5.41, 5.74) is 0. The van der Waals surface area contributed by atoms with Crippen LogP contribution in [0, 0.1) is 0 Å². The Hall–Kier alpha value is -2.30. The van der Waals surface area contributed by atoms with Crippen molar-refractivity contribution in [3.63, 3.8) is 0 Å². The molecule has 0 aliphatic carbocycles. The predicted molar refractivity (Wildman–Crippen MR) is 71.8 cm³/mol. The fourth-order valence-electron chi connectivity index (χ4n) is 1.63. The standard InChI is InChI=1S/C14H17N3O2/c18-14(11-19-13-5-2-1-3-6-13)16-7-4-9-17-10-8-15-12-17/h1-3,5-6,8,10,12H,4,7,9,11H2,(H,16,18). The number of imidazole rings is 1. The Morgan fingerprint density at radius 3 is 2.89 bits per heavy atom. The average molecular weight is 259 g/mol. The minimum absolute atomic E-state index is 0.0507. The number of nitrogens with one attached hydrogen (secondary N) is 1. The lowest BCUT2D eigenvalue weighted by Crippen LogP contribution is -2.30. The second kappa shape index (κ2) is 7.20. The third-order valence-electron chi connectivity index (χ3n) is 2.59. The largest absolute Gasteiger partial charge is 0.484 e. The lowest BCUT2D eigenvalue weighted by molar-refractivity contribution is -0.123. The van der Waals surface area contributed by atoms with Gasteiger partial charge in [-0.3, -0.25) is 4.79 Å². The Labute approximate surface area is 112 Å². The fourth-order valence-corrected chi connectivity index (χ4v) is 1.63. The van der Waals surface area contributed by atoms with Crippen molar-refractivity contribution in [3.8, 4) is 5.75 Å². The second-order valence-electron chi connectivity index (χ2n) is 4.11. The SMILES string of the molecule is O=C(COc1ccccc1)NCCCn1ccnc1. The summed E-state index contributed by atoms with van der Waals surface area (Å²) in [6.45, 7) is 1.53. The molecule has 5 nitrogen and oxygen atoms in total. The van der Waals surface area contributed by atoms with Gasteiger partial charge in [0, 0.05) is 25.5 Å². The second-order valence-corrected chi connectivity index (χ2v) is 4.11. The molecule has 19 heavy (non-hydrogen) atoms. The molecule has 1 N–H and O–H groups in total. The number of carbonyl (C=O) groups excluding carboxylic acids is 1. The highest BCUT2D eigenvalue weighted by molar-refractivity contribution is 5.77. The molecule has 0 aliphatic rings. The summed E-state index contributed by atoms with van der Waals surface area (Å²) in [6.07, 6.45) is 6.28. The van der Waals surface area contributed by atoms with Crippen molar-refractivity contribution in [2.24, 2.45) is 0 Å². The Balaban J connectivity index is 1.57. The van der Waals surface area contributed by atoms with Gasteiger partial charge in [-0.1, -0.05) is 18.2 Å². The molecule has 0 spiro atoms. The molecule has 0 unspecified atom stereocenters. The van der Waals surface area contributed by atoms with E-state index in [1.807, 2.05) is 41.1 Å². The van der Waals surface area contributed by atoms with Crippen molar-refractivity contribution in [2.45, 2.75) is 13.0 Å². The molecule has 2 aromatic rings. The Bertz CT molecular complexity index is 483. The molecular formula is C14H17N3O2. The van der Waals surface area contributed by atoms with E-state index in [0.717, 1.165) is 13.0 Å². The van der Waals surface area contributed by atoms with Gasteiger partial charge in [0.05, 0.1) is 6.33 Å². The molecule has 0 atom stereocenters. The molecule has 0 aliphatic heterocycles. The van der Waals surface area contributed by atoms with Gasteiger partial charge < -0.3 is 14.6 Å². The minimum Gasteiger partial charge on any atom is -0.484 e. The van der Waals surface area contributed by atoms with Crippen molar-refractivity contribution in [1.29, 1.82) is 0 Å². The summed E-state index contributed by atoms with van der Waals surface area (Å²) in [6, 6.07) is 9.30.